The molecule has 0 saturated carbocycles. The number of imidazole rings is 1. The second-order valence-corrected chi connectivity index (χ2v) is 8.73. The quantitative estimate of drug-likeness (QED) is 0.248. The molecular weight excluding hydrogens is 474 g/mol. The average molecular weight is 504 g/mol. The average Bonchev–Trinajstić information content (AvgIpc) is 3.24. The van der Waals surface area contributed by atoms with E-state index in [1.165, 1.54) is 0 Å². The number of amides is 1. The van der Waals surface area contributed by atoms with E-state index < -0.39 is 0 Å². The number of para-hydroxylation sites is 2. The first-order valence-corrected chi connectivity index (χ1v) is 12.4. The number of aryl methyl sites for hydroxylation is 1. The van der Waals surface area contributed by atoms with Crippen LogP contribution in [0.2, 0.25) is 5.02 Å². The van der Waals surface area contributed by atoms with Gasteiger partial charge in [-0.2, -0.15) is 0 Å². The smallest absolute Gasteiger partial charge is 0.251 e. The lowest BCUT2D eigenvalue weighted by atomic mass is 10.2. The highest BCUT2D eigenvalue weighted by molar-refractivity contribution is 6.30. The zero-order valence-corrected chi connectivity index (χ0v) is 21.3. The fourth-order valence-corrected chi connectivity index (χ4v) is 4.19. The minimum atomic E-state index is -0.128. The van der Waals surface area contributed by atoms with Crippen molar-refractivity contribution in [2.24, 2.45) is 0 Å². The first-order valence-electron chi connectivity index (χ1n) is 12.0. The topological polar surface area (TPSA) is 65.4 Å². The molecule has 186 valence electrons. The van der Waals surface area contributed by atoms with Crippen LogP contribution in [0.15, 0.2) is 72.8 Å². The Hall–Kier alpha value is -3.77. The van der Waals surface area contributed by atoms with E-state index in [4.69, 9.17) is 26.1 Å². The Labute approximate surface area is 216 Å². The summed E-state index contributed by atoms with van der Waals surface area (Å²) in [4.78, 5) is 17.3. The van der Waals surface area contributed by atoms with E-state index in [0.29, 0.717) is 30.2 Å². The Morgan fingerprint density at radius 1 is 1.08 bits per heavy atom. The van der Waals surface area contributed by atoms with Gasteiger partial charge in [0.2, 0.25) is 0 Å². The molecule has 4 rings (SSSR count). The molecule has 1 amide bonds. The van der Waals surface area contributed by atoms with Crippen molar-refractivity contribution in [2.75, 3.05) is 20.3 Å². The number of allylic oxidation sites excluding steroid dienone is 1. The van der Waals surface area contributed by atoms with Crippen molar-refractivity contribution in [3.05, 3.63) is 94.8 Å². The van der Waals surface area contributed by atoms with Gasteiger partial charge in [-0.1, -0.05) is 42.0 Å². The monoisotopic (exact) mass is 503 g/mol. The molecule has 0 saturated heterocycles. The highest BCUT2D eigenvalue weighted by atomic mass is 35.5. The normalized spacial score (nSPS) is 11.2. The largest absolute Gasteiger partial charge is 0.493 e. The minimum Gasteiger partial charge on any atom is -0.493 e. The molecule has 0 bridgehead atoms. The van der Waals surface area contributed by atoms with Crippen LogP contribution in [0.5, 0.6) is 11.5 Å². The van der Waals surface area contributed by atoms with Crippen LogP contribution in [-0.2, 0) is 13.0 Å². The lowest BCUT2D eigenvalue weighted by molar-refractivity contribution is 0.0954. The van der Waals surface area contributed by atoms with E-state index in [1.807, 2.05) is 55.5 Å². The number of methoxy groups -OCH3 is 1. The van der Waals surface area contributed by atoms with Crippen LogP contribution in [-0.4, -0.2) is 35.7 Å². The predicted octanol–water partition coefficient (Wildman–Crippen LogP) is 6.17. The van der Waals surface area contributed by atoms with Crippen LogP contribution in [0.25, 0.3) is 17.1 Å². The molecule has 7 heteroatoms. The van der Waals surface area contributed by atoms with Gasteiger partial charge in [0, 0.05) is 30.1 Å². The maximum absolute atomic E-state index is 12.4. The van der Waals surface area contributed by atoms with E-state index in [9.17, 15) is 4.79 Å². The van der Waals surface area contributed by atoms with Crippen LogP contribution in [0.3, 0.4) is 0 Å². The summed E-state index contributed by atoms with van der Waals surface area (Å²) in [5.74, 6) is 2.25. The van der Waals surface area contributed by atoms with Gasteiger partial charge >= 0.3 is 0 Å². The number of fused-ring (bicyclic) bond motifs is 1. The zero-order chi connectivity index (χ0) is 25.3. The lowest BCUT2D eigenvalue weighted by Crippen LogP contribution is -2.26. The van der Waals surface area contributed by atoms with Gasteiger partial charge in [0.1, 0.15) is 5.82 Å². The van der Waals surface area contributed by atoms with Crippen LogP contribution in [0.1, 0.15) is 35.1 Å². The molecule has 3 aromatic carbocycles. The Morgan fingerprint density at radius 3 is 2.67 bits per heavy atom. The lowest BCUT2D eigenvalue weighted by Gasteiger charge is -2.13. The molecule has 0 fully saturated rings. The number of ether oxygens (including phenoxy) is 2. The van der Waals surface area contributed by atoms with Crippen molar-refractivity contribution in [3.8, 4) is 11.5 Å². The molecule has 0 atom stereocenters. The third kappa shape index (κ3) is 6.26. The van der Waals surface area contributed by atoms with Gasteiger partial charge in [-0.3, -0.25) is 4.79 Å². The highest BCUT2D eigenvalue weighted by Crippen LogP contribution is 2.29. The molecule has 0 aliphatic heterocycles. The van der Waals surface area contributed by atoms with Gasteiger partial charge in [-0.25, -0.2) is 4.98 Å². The standard InChI is InChI=1S/C29H30ClN3O3/c1-3-7-21-10-15-26(27(20-21)35-2)36-19-6-18-33-25-9-5-4-8-24(25)32-28(33)16-17-31-29(34)22-11-13-23(30)14-12-22/h3-5,7-15,20H,6,16-19H2,1-2H3,(H,31,34)/b7-3+. The van der Waals surface area contributed by atoms with Crippen LogP contribution < -0.4 is 14.8 Å². The molecule has 0 aliphatic rings. The number of nitrogens with zero attached hydrogens (tertiary/aromatic N) is 2. The summed E-state index contributed by atoms with van der Waals surface area (Å²) in [5, 5.41) is 3.58. The molecule has 6 nitrogen and oxygen atoms in total. The number of nitrogens with one attached hydrogen (secondary N) is 1. The van der Waals surface area contributed by atoms with Crippen molar-refractivity contribution in [1.82, 2.24) is 14.9 Å². The van der Waals surface area contributed by atoms with Gasteiger partial charge in [0.15, 0.2) is 11.5 Å². The molecule has 1 aromatic heterocycles. The van der Waals surface area contributed by atoms with Gasteiger partial charge in [-0.15, -0.1) is 0 Å². The molecule has 36 heavy (non-hydrogen) atoms. The number of hydrogen-bond acceptors (Lipinski definition) is 4. The number of rotatable bonds is 11. The summed E-state index contributed by atoms with van der Waals surface area (Å²) >= 11 is 5.92. The van der Waals surface area contributed by atoms with Gasteiger partial charge in [0.25, 0.3) is 5.91 Å². The molecule has 0 spiro atoms. The summed E-state index contributed by atoms with van der Waals surface area (Å²) in [6.07, 6.45) is 5.43. The SMILES string of the molecule is C/C=C/c1ccc(OCCCn2c(CCNC(=O)c3ccc(Cl)cc3)nc3ccccc32)c(OC)c1. The summed E-state index contributed by atoms with van der Waals surface area (Å²) < 4.78 is 13.7. The number of benzene rings is 3. The maximum Gasteiger partial charge on any atom is 0.251 e. The number of hydrogen-bond donors (Lipinski definition) is 1. The van der Waals surface area contributed by atoms with E-state index >= 15 is 0 Å². The van der Waals surface area contributed by atoms with E-state index in [-0.39, 0.29) is 5.91 Å². The Bertz CT molecular complexity index is 1350. The molecule has 0 aliphatic carbocycles. The van der Waals surface area contributed by atoms with Crippen molar-refractivity contribution in [2.45, 2.75) is 26.3 Å². The number of carbonyl (C=O) groups excluding carboxylic acids is 1. The zero-order valence-electron chi connectivity index (χ0n) is 20.5. The van der Waals surface area contributed by atoms with Crippen molar-refractivity contribution < 1.29 is 14.3 Å². The summed E-state index contributed by atoms with van der Waals surface area (Å²) in [6.45, 7) is 3.76. The van der Waals surface area contributed by atoms with Crippen molar-refractivity contribution in [3.63, 3.8) is 0 Å². The fraction of sp³-hybridized carbons (Fsp3) is 0.241. The Balaban J connectivity index is 1.37. The summed E-state index contributed by atoms with van der Waals surface area (Å²) in [5.41, 5.74) is 3.67. The van der Waals surface area contributed by atoms with Crippen molar-refractivity contribution >= 4 is 34.6 Å². The van der Waals surface area contributed by atoms with Gasteiger partial charge in [-0.05, 0) is 67.4 Å². The second-order valence-electron chi connectivity index (χ2n) is 8.29. The van der Waals surface area contributed by atoms with Gasteiger partial charge < -0.3 is 19.4 Å². The maximum atomic E-state index is 12.4. The Kier molecular flexibility index (Phi) is 8.63. The molecule has 1 N–H and O–H groups in total. The first kappa shape index (κ1) is 25.3. The third-order valence-electron chi connectivity index (χ3n) is 5.80. The van der Waals surface area contributed by atoms with E-state index in [2.05, 4.69) is 16.0 Å². The Morgan fingerprint density at radius 2 is 1.89 bits per heavy atom. The molecule has 4 aromatic rings. The third-order valence-corrected chi connectivity index (χ3v) is 6.06. The minimum absolute atomic E-state index is 0.128. The van der Waals surface area contributed by atoms with Crippen molar-refractivity contribution in [1.29, 1.82) is 0 Å². The number of carbonyl (C=O) groups is 1. The van der Waals surface area contributed by atoms with E-state index in [0.717, 1.165) is 46.9 Å². The summed E-state index contributed by atoms with van der Waals surface area (Å²) in [6, 6.07) is 20.9. The predicted molar refractivity (Wildman–Crippen MR) is 145 cm³/mol. The highest BCUT2D eigenvalue weighted by Gasteiger charge is 2.12. The number of halogens is 1. The van der Waals surface area contributed by atoms with E-state index in [1.54, 1.807) is 31.4 Å². The first-order chi connectivity index (χ1) is 17.6. The van der Waals surface area contributed by atoms with Crippen LogP contribution in [0, 0.1) is 0 Å². The summed E-state index contributed by atoms with van der Waals surface area (Å²) in [7, 11) is 1.65. The molecule has 0 radical (unpaired) electrons. The van der Waals surface area contributed by atoms with Gasteiger partial charge in [0.05, 0.1) is 24.8 Å². The molecular formula is C29H30ClN3O3. The second kappa shape index (κ2) is 12.3. The van der Waals surface area contributed by atoms with Crippen LogP contribution >= 0.6 is 11.6 Å². The molecule has 0 unspecified atom stereocenters. The van der Waals surface area contributed by atoms with Crippen LogP contribution in [0.4, 0.5) is 0 Å². The molecule has 1 heterocycles. The fourth-order valence-electron chi connectivity index (χ4n) is 4.06. The number of aromatic nitrogens is 2.